The first-order valence-electron chi connectivity index (χ1n) is 14.0. The lowest BCUT2D eigenvalue weighted by atomic mass is 9.94. The summed E-state index contributed by atoms with van der Waals surface area (Å²) in [6.45, 7) is 9.16. The fraction of sp³-hybridized carbons (Fsp3) is 0.314. The van der Waals surface area contributed by atoms with Crippen LogP contribution in [-0.4, -0.2) is 25.0 Å². The van der Waals surface area contributed by atoms with Crippen molar-refractivity contribution in [2.24, 2.45) is 11.8 Å². The summed E-state index contributed by atoms with van der Waals surface area (Å²) in [6, 6.07) is 15.1. The fourth-order valence-electron chi connectivity index (χ4n) is 4.59. The van der Waals surface area contributed by atoms with Crippen molar-refractivity contribution in [2.75, 3.05) is 14.2 Å². The molecule has 6 nitrogen and oxygen atoms in total. The molecule has 6 heteroatoms. The second kappa shape index (κ2) is 15.5. The van der Waals surface area contributed by atoms with Crippen molar-refractivity contribution in [2.45, 2.75) is 47.1 Å². The molecule has 2 aromatic carbocycles. The van der Waals surface area contributed by atoms with Gasteiger partial charge in [0.2, 0.25) is 0 Å². The van der Waals surface area contributed by atoms with Crippen LogP contribution < -0.4 is 19.8 Å². The largest absolute Gasteiger partial charge is 0.497 e. The van der Waals surface area contributed by atoms with E-state index in [9.17, 15) is 9.59 Å². The second-order valence-electron chi connectivity index (χ2n) is 10.3. The molecule has 41 heavy (non-hydrogen) atoms. The molecule has 0 aliphatic heterocycles. The van der Waals surface area contributed by atoms with E-state index >= 15 is 0 Å². The number of hydrogen-bond donors (Lipinski definition) is 1. The summed E-state index contributed by atoms with van der Waals surface area (Å²) >= 11 is 0. The van der Waals surface area contributed by atoms with Gasteiger partial charge in [-0.3, -0.25) is 9.59 Å². The molecule has 0 radical (unpaired) electrons. The van der Waals surface area contributed by atoms with Crippen LogP contribution >= 0.6 is 0 Å². The Kier molecular flexibility index (Phi) is 11.8. The van der Waals surface area contributed by atoms with Gasteiger partial charge in [0.15, 0.2) is 5.78 Å². The molecule has 1 aromatic heterocycles. The first kappa shape index (κ1) is 31.2. The first-order chi connectivity index (χ1) is 19.7. The van der Waals surface area contributed by atoms with E-state index < -0.39 is 11.3 Å². The fourth-order valence-corrected chi connectivity index (χ4v) is 4.59. The van der Waals surface area contributed by atoms with Gasteiger partial charge in [-0.15, -0.1) is 0 Å². The molecule has 0 bridgehead atoms. The molecular weight excluding hydrogens is 514 g/mol. The molecule has 0 amide bonds. The molecule has 2 atom stereocenters. The van der Waals surface area contributed by atoms with E-state index in [4.69, 9.17) is 14.2 Å². The molecule has 0 unspecified atom stereocenters. The molecule has 3 aromatic rings. The number of methoxy groups -OCH3 is 2. The molecule has 0 aliphatic rings. The molecule has 216 valence electrons. The monoisotopic (exact) mass is 555 g/mol. The molecule has 0 aliphatic carbocycles. The maximum atomic E-state index is 13.1. The summed E-state index contributed by atoms with van der Waals surface area (Å²) in [5, 5.41) is 0. The average Bonchev–Trinajstić information content (AvgIpc) is 2.98. The lowest BCUT2D eigenvalue weighted by molar-refractivity contribution is 0.104. The Bertz CT molecular complexity index is 1430. The smallest absolute Gasteiger partial charge is 0.263 e. The Balaban J connectivity index is 1.72. The zero-order valence-corrected chi connectivity index (χ0v) is 24.9. The van der Waals surface area contributed by atoms with Crippen molar-refractivity contribution in [3.05, 3.63) is 112 Å². The highest BCUT2D eigenvalue weighted by Gasteiger charge is 2.19. The Labute approximate surface area is 243 Å². The quantitative estimate of drug-likeness (QED) is 0.124. The third-order valence-corrected chi connectivity index (χ3v) is 6.96. The van der Waals surface area contributed by atoms with Crippen molar-refractivity contribution in [1.82, 2.24) is 4.98 Å². The topological polar surface area (TPSA) is 77.6 Å². The van der Waals surface area contributed by atoms with Crippen LogP contribution in [0.4, 0.5) is 0 Å². The van der Waals surface area contributed by atoms with Crippen molar-refractivity contribution in [3.63, 3.8) is 0 Å². The average molecular weight is 556 g/mol. The summed E-state index contributed by atoms with van der Waals surface area (Å²) in [4.78, 5) is 28.4. The van der Waals surface area contributed by atoms with Crippen LogP contribution in [0, 0.1) is 11.8 Å². The van der Waals surface area contributed by atoms with Crippen LogP contribution in [0.15, 0.2) is 95.5 Å². The minimum absolute atomic E-state index is 0.0380. The van der Waals surface area contributed by atoms with Gasteiger partial charge >= 0.3 is 0 Å². The molecular formula is C35H41NO5. The third kappa shape index (κ3) is 9.10. The van der Waals surface area contributed by atoms with Crippen LogP contribution in [0.1, 0.15) is 56.5 Å². The van der Waals surface area contributed by atoms with Crippen LogP contribution in [-0.2, 0) is 6.61 Å². The van der Waals surface area contributed by atoms with E-state index in [0.29, 0.717) is 29.8 Å². The minimum atomic E-state index is -0.501. The zero-order chi connectivity index (χ0) is 29.8. The lowest BCUT2D eigenvalue weighted by Crippen LogP contribution is -2.18. The Hall–Kier alpha value is -4.32. The molecule has 3 rings (SSSR count). The van der Waals surface area contributed by atoms with Crippen LogP contribution in [0.5, 0.6) is 17.2 Å². The van der Waals surface area contributed by atoms with E-state index in [2.05, 4.69) is 31.8 Å². The van der Waals surface area contributed by atoms with Crippen LogP contribution in [0.2, 0.25) is 0 Å². The number of H-pyrrole nitrogens is 1. The zero-order valence-electron chi connectivity index (χ0n) is 24.9. The SMILES string of the molecule is CC[C@@H](C)C[C@@H](C)/C=C(C)/C=C/C=C/C(=O)c1c(OC)c(-c2ccc(OCc3ccc(OC)cc3)cc2)c[nH]c1=O. The van der Waals surface area contributed by atoms with Crippen LogP contribution in [0.25, 0.3) is 11.1 Å². The number of carbonyl (C=O) groups is 1. The summed E-state index contributed by atoms with van der Waals surface area (Å²) in [6.07, 6.45) is 12.9. The van der Waals surface area contributed by atoms with E-state index in [1.165, 1.54) is 19.6 Å². The van der Waals surface area contributed by atoms with Crippen molar-refractivity contribution < 1.29 is 19.0 Å². The number of ketones is 1. The number of nitrogens with one attached hydrogen (secondary N) is 1. The predicted molar refractivity (Wildman–Crippen MR) is 166 cm³/mol. The number of aromatic nitrogens is 1. The molecule has 0 saturated carbocycles. The Morgan fingerprint density at radius 2 is 1.59 bits per heavy atom. The summed E-state index contributed by atoms with van der Waals surface area (Å²) in [5.74, 6) is 2.46. The van der Waals surface area contributed by atoms with Gasteiger partial charge in [0, 0.05) is 11.8 Å². The second-order valence-corrected chi connectivity index (χ2v) is 10.3. The number of allylic oxidation sites excluding steroid dienone is 6. The summed E-state index contributed by atoms with van der Waals surface area (Å²) in [7, 11) is 3.09. The van der Waals surface area contributed by atoms with E-state index in [0.717, 1.165) is 28.9 Å². The molecule has 1 heterocycles. The maximum absolute atomic E-state index is 13.1. The van der Waals surface area contributed by atoms with Gasteiger partial charge in [0.1, 0.15) is 29.4 Å². The number of ether oxygens (including phenoxy) is 3. The summed E-state index contributed by atoms with van der Waals surface area (Å²) in [5.41, 5.74) is 3.00. The maximum Gasteiger partial charge on any atom is 0.263 e. The van der Waals surface area contributed by atoms with Gasteiger partial charge in [-0.2, -0.15) is 0 Å². The van der Waals surface area contributed by atoms with Gasteiger partial charge in [-0.25, -0.2) is 0 Å². The number of rotatable bonds is 14. The van der Waals surface area contributed by atoms with Gasteiger partial charge < -0.3 is 19.2 Å². The highest BCUT2D eigenvalue weighted by Crippen LogP contribution is 2.32. The standard InChI is InChI=1S/C35H41NO5/c1-7-24(2)20-26(4)21-25(3)10-8-9-11-32(37)33-34(40-6)31(22-36-35(33)38)28-14-18-30(19-15-28)41-23-27-12-16-29(39-5)17-13-27/h8-19,21-22,24,26H,7,20,23H2,1-6H3,(H,36,38)/b10-8+,11-9+,25-21+/t24-,26-/m1/s1. The predicted octanol–water partition coefficient (Wildman–Crippen LogP) is 7.95. The number of carbonyl (C=O) groups excluding carboxylic acids is 1. The van der Waals surface area contributed by atoms with Gasteiger partial charge in [0.05, 0.1) is 14.2 Å². The van der Waals surface area contributed by atoms with Gasteiger partial charge in [-0.1, -0.05) is 81.3 Å². The van der Waals surface area contributed by atoms with E-state index in [1.807, 2.05) is 67.6 Å². The highest BCUT2D eigenvalue weighted by atomic mass is 16.5. The van der Waals surface area contributed by atoms with E-state index in [-0.39, 0.29) is 11.3 Å². The van der Waals surface area contributed by atoms with Crippen molar-refractivity contribution >= 4 is 5.78 Å². The van der Waals surface area contributed by atoms with Gasteiger partial charge in [0.25, 0.3) is 5.56 Å². The first-order valence-corrected chi connectivity index (χ1v) is 14.0. The van der Waals surface area contributed by atoms with Crippen molar-refractivity contribution in [3.8, 4) is 28.4 Å². The Morgan fingerprint density at radius 1 is 0.927 bits per heavy atom. The number of benzene rings is 2. The van der Waals surface area contributed by atoms with Crippen molar-refractivity contribution in [1.29, 1.82) is 0 Å². The molecule has 0 saturated heterocycles. The number of aromatic amines is 1. The lowest BCUT2D eigenvalue weighted by Gasteiger charge is -2.12. The van der Waals surface area contributed by atoms with E-state index in [1.54, 1.807) is 19.4 Å². The molecule has 1 N–H and O–H groups in total. The summed E-state index contributed by atoms with van der Waals surface area (Å²) < 4.78 is 16.7. The Morgan fingerprint density at radius 3 is 2.22 bits per heavy atom. The third-order valence-electron chi connectivity index (χ3n) is 6.96. The van der Waals surface area contributed by atoms with Gasteiger partial charge in [-0.05, 0) is 66.6 Å². The number of hydrogen-bond acceptors (Lipinski definition) is 5. The molecule has 0 spiro atoms. The van der Waals surface area contributed by atoms with Crippen LogP contribution in [0.3, 0.4) is 0 Å². The highest BCUT2D eigenvalue weighted by molar-refractivity contribution is 6.07. The normalized spacial score (nSPS) is 13.4. The number of pyridine rings is 1. The molecule has 0 fully saturated rings. The minimum Gasteiger partial charge on any atom is -0.497 e.